The molecule has 0 fully saturated rings. The van der Waals surface area contributed by atoms with Crippen molar-refractivity contribution < 1.29 is 24.0 Å². The zero-order valence-corrected chi connectivity index (χ0v) is 8.67. The molecule has 0 aliphatic carbocycles. The third-order valence-corrected chi connectivity index (χ3v) is 2.24. The number of fused-ring (bicyclic) bond motifs is 1. The first kappa shape index (κ1) is 10.9. The first-order chi connectivity index (χ1) is 8.04. The Labute approximate surface area is 94.4 Å². The lowest BCUT2D eigenvalue weighted by atomic mass is 10.2. The van der Waals surface area contributed by atoms with Crippen molar-refractivity contribution in [3.63, 3.8) is 0 Å². The van der Waals surface area contributed by atoms with E-state index in [1.807, 2.05) is 0 Å². The van der Waals surface area contributed by atoms with Gasteiger partial charge in [0.15, 0.2) is 0 Å². The van der Waals surface area contributed by atoms with Crippen LogP contribution in [0.3, 0.4) is 0 Å². The molecular formula is C10H7NO6. The molecule has 0 amide bonds. The molecule has 0 bridgehead atoms. The second-order valence-corrected chi connectivity index (χ2v) is 3.21. The van der Waals surface area contributed by atoms with Crippen molar-refractivity contribution in [1.82, 2.24) is 0 Å². The number of carboxylic acid groups (broad SMARTS) is 1. The number of ether oxygens (including phenoxy) is 1. The van der Waals surface area contributed by atoms with Gasteiger partial charge in [-0.15, -0.1) is 0 Å². The Hall–Kier alpha value is -2.57. The van der Waals surface area contributed by atoms with Gasteiger partial charge in [-0.2, -0.15) is 0 Å². The summed E-state index contributed by atoms with van der Waals surface area (Å²) in [5, 5.41) is 20.0. The second-order valence-electron chi connectivity index (χ2n) is 3.21. The third-order valence-electron chi connectivity index (χ3n) is 2.24. The number of furan rings is 1. The molecule has 1 aromatic carbocycles. The number of methoxy groups -OCH3 is 1. The van der Waals surface area contributed by atoms with Crippen molar-refractivity contribution in [2.75, 3.05) is 7.11 Å². The zero-order valence-electron chi connectivity index (χ0n) is 8.67. The zero-order chi connectivity index (χ0) is 12.6. The topological polar surface area (TPSA) is 103 Å². The van der Waals surface area contributed by atoms with Crippen molar-refractivity contribution >= 4 is 22.6 Å². The van der Waals surface area contributed by atoms with E-state index in [1.165, 1.54) is 25.3 Å². The van der Waals surface area contributed by atoms with Gasteiger partial charge in [0, 0.05) is 5.39 Å². The molecule has 0 saturated carbocycles. The number of carbonyl (C=O) groups is 1. The van der Waals surface area contributed by atoms with E-state index >= 15 is 0 Å². The largest absolute Gasteiger partial charge is 0.490 e. The molecule has 0 spiro atoms. The predicted octanol–water partition coefficient (Wildman–Crippen LogP) is 2.05. The van der Waals surface area contributed by atoms with Gasteiger partial charge in [0.25, 0.3) is 0 Å². The third kappa shape index (κ3) is 1.67. The van der Waals surface area contributed by atoms with Gasteiger partial charge in [0.2, 0.25) is 17.1 Å². The number of rotatable bonds is 3. The van der Waals surface area contributed by atoms with Gasteiger partial charge in [-0.25, -0.2) is 4.79 Å². The molecule has 0 unspecified atom stereocenters. The number of aromatic carboxylic acids is 1. The Kier molecular flexibility index (Phi) is 2.43. The molecule has 0 radical (unpaired) electrons. The summed E-state index contributed by atoms with van der Waals surface area (Å²) >= 11 is 0. The van der Waals surface area contributed by atoms with Crippen LogP contribution >= 0.6 is 0 Å². The Bertz CT molecular complexity index is 615. The lowest BCUT2D eigenvalue weighted by Crippen LogP contribution is -1.94. The Balaban J connectivity index is 2.80. The highest BCUT2D eigenvalue weighted by atomic mass is 16.6. The number of nitro benzene ring substituents is 1. The molecule has 2 aromatic rings. The molecule has 7 nitrogen and oxygen atoms in total. The van der Waals surface area contributed by atoms with Crippen molar-refractivity contribution in [3.8, 4) is 5.75 Å². The minimum Gasteiger partial charge on any atom is -0.490 e. The second kappa shape index (κ2) is 3.78. The predicted molar refractivity (Wildman–Crippen MR) is 56.4 cm³/mol. The number of nitrogens with zero attached hydrogens (tertiary/aromatic N) is 1. The highest BCUT2D eigenvalue weighted by Gasteiger charge is 2.24. The fourth-order valence-electron chi connectivity index (χ4n) is 1.51. The highest BCUT2D eigenvalue weighted by molar-refractivity contribution is 5.95. The summed E-state index contributed by atoms with van der Waals surface area (Å²) in [5.41, 5.74) is -0.482. The van der Waals surface area contributed by atoms with Gasteiger partial charge in [0.05, 0.1) is 12.0 Å². The van der Waals surface area contributed by atoms with Gasteiger partial charge >= 0.3 is 11.7 Å². The molecule has 2 rings (SSSR count). The summed E-state index contributed by atoms with van der Waals surface area (Å²) in [6, 6.07) is 4.11. The summed E-state index contributed by atoms with van der Waals surface area (Å²) in [4.78, 5) is 20.9. The van der Waals surface area contributed by atoms with Crippen LogP contribution in [0.25, 0.3) is 11.0 Å². The van der Waals surface area contributed by atoms with Crippen molar-refractivity contribution in [2.24, 2.45) is 0 Å². The van der Waals surface area contributed by atoms with E-state index in [-0.39, 0.29) is 22.8 Å². The quantitative estimate of drug-likeness (QED) is 0.647. The van der Waals surface area contributed by atoms with Crippen molar-refractivity contribution in [3.05, 3.63) is 34.1 Å². The van der Waals surface area contributed by atoms with E-state index in [0.717, 1.165) is 0 Å². The fourth-order valence-corrected chi connectivity index (χ4v) is 1.51. The van der Waals surface area contributed by atoms with E-state index < -0.39 is 10.9 Å². The smallest absolute Gasteiger partial charge is 0.371 e. The van der Waals surface area contributed by atoms with E-state index in [0.29, 0.717) is 5.39 Å². The van der Waals surface area contributed by atoms with E-state index in [2.05, 4.69) is 0 Å². The molecule has 0 saturated heterocycles. The van der Waals surface area contributed by atoms with Crippen LogP contribution < -0.4 is 4.74 Å². The maximum absolute atomic E-state index is 10.9. The highest BCUT2D eigenvalue weighted by Crippen LogP contribution is 2.36. The number of hydrogen-bond donors (Lipinski definition) is 1. The van der Waals surface area contributed by atoms with E-state index in [4.69, 9.17) is 14.3 Å². The molecule has 0 aliphatic heterocycles. The van der Waals surface area contributed by atoms with Crippen LogP contribution in [0.4, 0.5) is 5.69 Å². The maximum atomic E-state index is 10.9. The standard InChI is InChI=1S/C10H7NO6/c1-16-6-3-2-5-4-7(10(12)13)17-9(5)8(6)11(14)15/h2-4H,1H3,(H,12,13). The van der Waals surface area contributed by atoms with Gasteiger partial charge in [-0.05, 0) is 18.2 Å². The minimum atomic E-state index is -1.28. The molecule has 0 atom stereocenters. The number of benzene rings is 1. The lowest BCUT2D eigenvalue weighted by molar-refractivity contribution is -0.384. The van der Waals surface area contributed by atoms with Gasteiger partial charge in [-0.3, -0.25) is 10.1 Å². The molecule has 0 aliphatic rings. The normalized spacial score (nSPS) is 10.4. The summed E-state index contributed by atoms with van der Waals surface area (Å²) in [5.74, 6) is -1.61. The van der Waals surface area contributed by atoms with Crippen LogP contribution in [-0.2, 0) is 0 Å². The Morgan fingerprint density at radius 3 is 2.76 bits per heavy atom. The molecule has 88 valence electrons. The van der Waals surface area contributed by atoms with Crippen molar-refractivity contribution in [2.45, 2.75) is 0 Å². The van der Waals surface area contributed by atoms with Gasteiger partial charge in [-0.1, -0.05) is 0 Å². The van der Waals surface area contributed by atoms with Crippen LogP contribution in [0.1, 0.15) is 10.6 Å². The van der Waals surface area contributed by atoms with E-state index in [9.17, 15) is 14.9 Å². The fraction of sp³-hybridized carbons (Fsp3) is 0.100. The average Bonchev–Trinajstić information content (AvgIpc) is 2.70. The lowest BCUT2D eigenvalue weighted by Gasteiger charge is -2.00. The SMILES string of the molecule is COc1ccc2cc(C(=O)O)oc2c1[N+](=O)[O-]. The number of hydrogen-bond acceptors (Lipinski definition) is 5. The molecule has 1 aromatic heterocycles. The molecule has 17 heavy (non-hydrogen) atoms. The first-order valence-electron chi connectivity index (χ1n) is 4.53. The monoisotopic (exact) mass is 237 g/mol. The van der Waals surface area contributed by atoms with Gasteiger partial charge < -0.3 is 14.3 Å². The van der Waals surface area contributed by atoms with Gasteiger partial charge in [0.1, 0.15) is 0 Å². The van der Waals surface area contributed by atoms with E-state index in [1.54, 1.807) is 0 Å². The molecular weight excluding hydrogens is 230 g/mol. The van der Waals surface area contributed by atoms with Crippen LogP contribution in [0.5, 0.6) is 5.75 Å². The van der Waals surface area contributed by atoms with Crippen molar-refractivity contribution in [1.29, 1.82) is 0 Å². The van der Waals surface area contributed by atoms with Crippen LogP contribution in [0.2, 0.25) is 0 Å². The molecule has 1 heterocycles. The maximum Gasteiger partial charge on any atom is 0.371 e. The van der Waals surface area contributed by atoms with Crippen LogP contribution in [0, 0.1) is 10.1 Å². The summed E-state index contributed by atoms with van der Waals surface area (Å²) in [6.45, 7) is 0. The Morgan fingerprint density at radius 1 is 1.53 bits per heavy atom. The molecule has 1 N–H and O–H groups in total. The summed E-state index contributed by atoms with van der Waals surface area (Å²) < 4.78 is 9.78. The summed E-state index contributed by atoms with van der Waals surface area (Å²) in [7, 11) is 1.29. The minimum absolute atomic E-state index is 0.0220. The average molecular weight is 237 g/mol. The van der Waals surface area contributed by atoms with Crippen LogP contribution in [0.15, 0.2) is 22.6 Å². The molecule has 7 heteroatoms. The Morgan fingerprint density at radius 2 is 2.24 bits per heavy atom. The number of carboxylic acids is 1. The van der Waals surface area contributed by atoms with Crippen LogP contribution in [-0.4, -0.2) is 23.1 Å². The summed E-state index contributed by atoms with van der Waals surface area (Å²) in [6.07, 6.45) is 0. The number of nitro groups is 1. The first-order valence-corrected chi connectivity index (χ1v) is 4.53.